The third kappa shape index (κ3) is 4.17. The quantitative estimate of drug-likeness (QED) is 0.476. The van der Waals surface area contributed by atoms with Gasteiger partial charge in [-0.25, -0.2) is 9.37 Å². The van der Waals surface area contributed by atoms with Crippen LogP contribution in [0.2, 0.25) is 0 Å². The second-order valence-electron chi connectivity index (χ2n) is 5.97. The molecule has 0 saturated heterocycles. The van der Waals surface area contributed by atoms with Gasteiger partial charge in [-0.1, -0.05) is 24.3 Å². The van der Waals surface area contributed by atoms with Gasteiger partial charge in [0, 0.05) is 16.1 Å². The van der Waals surface area contributed by atoms with Crippen LogP contribution in [-0.4, -0.2) is 21.6 Å². The molecular formula is C21H16FN3OS. The number of hydrogen-bond acceptors (Lipinski definition) is 3. The van der Waals surface area contributed by atoms with Crippen LogP contribution in [0.3, 0.4) is 0 Å². The van der Waals surface area contributed by atoms with E-state index in [-0.39, 0.29) is 17.5 Å². The van der Waals surface area contributed by atoms with Crippen LogP contribution in [0.25, 0.3) is 22.4 Å². The molecule has 6 heteroatoms. The zero-order valence-corrected chi connectivity index (χ0v) is 15.1. The third-order valence-corrected chi connectivity index (χ3v) is 5.00. The number of amides is 1. The number of aromatic nitrogens is 2. The average molecular weight is 377 g/mol. The van der Waals surface area contributed by atoms with Gasteiger partial charge in [0.15, 0.2) is 0 Å². The van der Waals surface area contributed by atoms with Crippen molar-refractivity contribution >= 4 is 34.4 Å². The van der Waals surface area contributed by atoms with E-state index < -0.39 is 0 Å². The number of hydrogen-bond donors (Lipinski definition) is 2. The van der Waals surface area contributed by atoms with Gasteiger partial charge in [0.1, 0.15) is 11.6 Å². The minimum absolute atomic E-state index is 0.119. The van der Waals surface area contributed by atoms with Crippen molar-refractivity contribution in [3.63, 3.8) is 0 Å². The predicted molar refractivity (Wildman–Crippen MR) is 107 cm³/mol. The Balaban J connectivity index is 1.44. The molecule has 3 aromatic carbocycles. The number of carbonyl (C=O) groups is 1. The van der Waals surface area contributed by atoms with E-state index in [0.717, 1.165) is 27.3 Å². The van der Waals surface area contributed by atoms with Crippen LogP contribution >= 0.6 is 11.8 Å². The highest BCUT2D eigenvalue weighted by Crippen LogP contribution is 2.23. The first-order valence-electron chi connectivity index (χ1n) is 8.41. The largest absolute Gasteiger partial charge is 0.338 e. The van der Waals surface area contributed by atoms with E-state index in [4.69, 9.17) is 0 Å². The molecule has 4 rings (SSSR count). The van der Waals surface area contributed by atoms with Crippen LogP contribution in [0.5, 0.6) is 0 Å². The normalized spacial score (nSPS) is 10.9. The van der Waals surface area contributed by atoms with Gasteiger partial charge in [0.2, 0.25) is 5.91 Å². The van der Waals surface area contributed by atoms with Crippen LogP contribution in [0.1, 0.15) is 0 Å². The summed E-state index contributed by atoms with van der Waals surface area (Å²) in [6.07, 6.45) is 0. The first-order chi connectivity index (χ1) is 13.2. The molecule has 134 valence electrons. The summed E-state index contributed by atoms with van der Waals surface area (Å²) in [6, 6.07) is 21.5. The summed E-state index contributed by atoms with van der Waals surface area (Å²) < 4.78 is 12.9. The minimum atomic E-state index is -0.286. The number of aromatic amines is 1. The Hall–Kier alpha value is -3.12. The molecule has 27 heavy (non-hydrogen) atoms. The molecule has 0 aliphatic rings. The van der Waals surface area contributed by atoms with Crippen molar-refractivity contribution in [3.8, 4) is 11.4 Å². The monoisotopic (exact) mass is 377 g/mol. The van der Waals surface area contributed by atoms with E-state index in [2.05, 4.69) is 15.3 Å². The molecule has 0 spiro atoms. The van der Waals surface area contributed by atoms with E-state index in [9.17, 15) is 9.18 Å². The maximum absolute atomic E-state index is 12.9. The van der Waals surface area contributed by atoms with Crippen molar-refractivity contribution in [1.29, 1.82) is 0 Å². The van der Waals surface area contributed by atoms with Crippen LogP contribution in [0.15, 0.2) is 77.7 Å². The van der Waals surface area contributed by atoms with Gasteiger partial charge in [-0.05, 0) is 48.5 Å². The fourth-order valence-electron chi connectivity index (χ4n) is 2.71. The lowest BCUT2D eigenvalue weighted by Crippen LogP contribution is -2.13. The lowest BCUT2D eigenvalue weighted by atomic mass is 10.2. The Labute approximate surface area is 159 Å². The van der Waals surface area contributed by atoms with Crippen molar-refractivity contribution in [1.82, 2.24) is 9.97 Å². The molecule has 2 N–H and O–H groups in total. The van der Waals surface area contributed by atoms with Gasteiger partial charge < -0.3 is 10.3 Å². The summed E-state index contributed by atoms with van der Waals surface area (Å²) >= 11 is 1.36. The number of rotatable bonds is 5. The highest BCUT2D eigenvalue weighted by atomic mass is 32.2. The van der Waals surface area contributed by atoms with Gasteiger partial charge in [-0.15, -0.1) is 11.8 Å². The topological polar surface area (TPSA) is 57.8 Å². The molecule has 0 unspecified atom stereocenters. The Morgan fingerprint density at radius 3 is 2.67 bits per heavy atom. The van der Waals surface area contributed by atoms with Crippen molar-refractivity contribution in [2.75, 3.05) is 11.1 Å². The van der Waals surface area contributed by atoms with E-state index in [0.29, 0.717) is 5.69 Å². The average Bonchev–Trinajstić information content (AvgIpc) is 3.12. The number of anilines is 1. The molecule has 1 aromatic heterocycles. The van der Waals surface area contributed by atoms with E-state index in [1.165, 1.54) is 23.9 Å². The third-order valence-electron chi connectivity index (χ3n) is 3.99. The van der Waals surface area contributed by atoms with E-state index in [1.807, 2.05) is 48.5 Å². The highest BCUT2D eigenvalue weighted by Gasteiger charge is 2.08. The fourth-order valence-corrected chi connectivity index (χ4v) is 3.41. The summed E-state index contributed by atoms with van der Waals surface area (Å²) in [4.78, 5) is 20.9. The van der Waals surface area contributed by atoms with Crippen LogP contribution in [0, 0.1) is 5.82 Å². The zero-order chi connectivity index (χ0) is 18.6. The minimum Gasteiger partial charge on any atom is -0.338 e. The Kier molecular flexibility index (Phi) is 4.89. The van der Waals surface area contributed by atoms with Gasteiger partial charge in [0.05, 0.1) is 16.8 Å². The number of nitrogens with one attached hydrogen (secondary N) is 2. The summed E-state index contributed by atoms with van der Waals surface area (Å²) in [5.74, 6) is 0.603. The van der Waals surface area contributed by atoms with Crippen molar-refractivity contribution in [3.05, 3.63) is 78.6 Å². The number of carbonyl (C=O) groups excluding carboxylic acids is 1. The number of fused-ring (bicyclic) bond motifs is 1. The molecule has 4 aromatic rings. The Bertz CT molecular complexity index is 1060. The first kappa shape index (κ1) is 17.3. The standard InChI is InChI=1S/C21H16FN3OS/c22-15-8-10-17(11-9-15)27-13-20(26)23-16-5-3-4-14(12-16)21-24-18-6-1-2-7-19(18)25-21/h1-12H,13H2,(H,23,26)(H,24,25). The lowest BCUT2D eigenvalue weighted by molar-refractivity contribution is -0.113. The Morgan fingerprint density at radius 1 is 1.04 bits per heavy atom. The lowest BCUT2D eigenvalue weighted by Gasteiger charge is -2.07. The molecule has 0 atom stereocenters. The fraction of sp³-hybridized carbons (Fsp3) is 0.0476. The van der Waals surface area contributed by atoms with Gasteiger partial charge >= 0.3 is 0 Å². The molecule has 0 aliphatic heterocycles. The zero-order valence-electron chi connectivity index (χ0n) is 14.3. The second kappa shape index (κ2) is 7.63. The van der Waals surface area contributed by atoms with E-state index >= 15 is 0 Å². The van der Waals surface area contributed by atoms with Crippen LogP contribution < -0.4 is 5.32 Å². The molecule has 0 aliphatic carbocycles. The maximum atomic E-state index is 12.9. The van der Waals surface area contributed by atoms with Gasteiger partial charge in [0.25, 0.3) is 0 Å². The second-order valence-corrected chi connectivity index (χ2v) is 7.02. The number of H-pyrrole nitrogens is 1. The maximum Gasteiger partial charge on any atom is 0.234 e. The highest BCUT2D eigenvalue weighted by molar-refractivity contribution is 8.00. The smallest absolute Gasteiger partial charge is 0.234 e. The van der Waals surface area contributed by atoms with Crippen molar-refractivity contribution in [2.24, 2.45) is 0 Å². The summed E-state index contributed by atoms with van der Waals surface area (Å²) in [7, 11) is 0. The molecule has 0 radical (unpaired) electrons. The first-order valence-corrected chi connectivity index (χ1v) is 9.39. The number of thioether (sulfide) groups is 1. The number of para-hydroxylation sites is 2. The predicted octanol–water partition coefficient (Wildman–Crippen LogP) is 5.10. The number of halogens is 1. The van der Waals surface area contributed by atoms with E-state index in [1.54, 1.807) is 12.1 Å². The van der Waals surface area contributed by atoms with Crippen molar-refractivity contribution < 1.29 is 9.18 Å². The van der Waals surface area contributed by atoms with Gasteiger partial charge in [-0.2, -0.15) is 0 Å². The number of benzene rings is 3. The number of nitrogens with zero attached hydrogens (tertiary/aromatic N) is 1. The summed E-state index contributed by atoms with van der Waals surface area (Å²) in [6.45, 7) is 0. The molecule has 1 heterocycles. The molecule has 4 nitrogen and oxygen atoms in total. The molecule has 0 bridgehead atoms. The molecular weight excluding hydrogens is 361 g/mol. The van der Waals surface area contributed by atoms with Crippen molar-refractivity contribution in [2.45, 2.75) is 4.90 Å². The van der Waals surface area contributed by atoms with Crippen LogP contribution in [-0.2, 0) is 4.79 Å². The number of imidazole rings is 1. The SMILES string of the molecule is O=C(CSc1ccc(F)cc1)Nc1cccc(-c2nc3ccccc3[nH]2)c1. The molecule has 0 saturated carbocycles. The summed E-state index contributed by atoms with van der Waals surface area (Å²) in [5, 5.41) is 2.89. The molecule has 1 amide bonds. The molecule has 0 fully saturated rings. The van der Waals surface area contributed by atoms with Gasteiger partial charge in [-0.3, -0.25) is 4.79 Å². The Morgan fingerprint density at radius 2 is 1.85 bits per heavy atom. The van der Waals surface area contributed by atoms with Crippen LogP contribution in [0.4, 0.5) is 10.1 Å². The summed E-state index contributed by atoms with van der Waals surface area (Å²) in [5.41, 5.74) is 3.48.